The number of aryl methyl sites for hydroxylation is 2. The molecule has 3 rings (SSSR count). The van der Waals surface area contributed by atoms with Crippen LogP contribution < -0.4 is 20.3 Å². The maximum atomic E-state index is 13.9. The van der Waals surface area contributed by atoms with Crippen molar-refractivity contribution < 1.29 is 23.6 Å². The lowest BCUT2D eigenvalue weighted by atomic mass is 9.97. The van der Waals surface area contributed by atoms with Crippen molar-refractivity contribution in [1.82, 2.24) is 10.5 Å². The first kappa shape index (κ1) is 29.4. The summed E-state index contributed by atoms with van der Waals surface area (Å²) in [4.78, 5) is 41.8. The molecular formula is C30H38N4O5. The van der Waals surface area contributed by atoms with E-state index in [2.05, 4.69) is 15.8 Å². The second-order valence-electron chi connectivity index (χ2n) is 10.1. The smallest absolute Gasteiger partial charge is 0.248 e. The number of carbonyl (C=O) groups is 3. The van der Waals surface area contributed by atoms with Gasteiger partial charge < -0.3 is 19.9 Å². The van der Waals surface area contributed by atoms with E-state index in [0.717, 1.165) is 12.0 Å². The minimum Gasteiger partial charge on any atom is -0.497 e. The molecule has 3 aromatic rings. The first-order chi connectivity index (χ1) is 18.6. The van der Waals surface area contributed by atoms with Gasteiger partial charge in [-0.15, -0.1) is 0 Å². The van der Waals surface area contributed by atoms with E-state index in [1.807, 2.05) is 52.0 Å². The van der Waals surface area contributed by atoms with Crippen LogP contribution in [0.1, 0.15) is 69.9 Å². The van der Waals surface area contributed by atoms with Crippen molar-refractivity contribution in [1.29, 1.82) is 0 Å². The summed E-state index contributed by atoms with van der Waals surface area (Å²) in [6.45, 7) is 9.64. The predicted molar refractivity (Wildman–Crippen MR) is 151 cm³/mol. The number of benzene rings is 2. The Bertz CT molecular complexity index is 1270. The highest BCUT2D eigenvalue weighted by Gasteiger charge is 2.35. The van der Waals surface area contributed by atoms with Crippen molar-refractivity contribution in [3.05, 3.63) is 71.5 Å². The highest BCUT2D eigenvalue weighted by Crippen LogP contribution is 2.31. The molecule has 0 aliphatic heterocycles. The number of hydrogen-bond acceptors (Lipinski definition) is 6. The van der Waals surface area contributed by atoms with E-state index >= 15 is 0 Å². The predicted octanol–water partition coefficient (Wildman–Crippen LogP) is 5.35. The van der Waals surface area contributed by atoms with Gasteiger partial charge in [0.15, 0.2) is 5.82 Å². The van der Waals surface area contributed by atoms with Crippen LogP contribution in [-0.2, 0) is 20.8 Å². The Labute approximate surface area is 229 Å². The van der Waals surface area contributed by atoms with Crippen LogP contribution in [0.25, 0.3) is 0 Å². The molecule has 0 aliphatic rings. The molecule has 0 unspecified atom stereocenters. The van der Waals surface area contributed by atoms with Crippen LogP contribution in [0.2, 0.25) is 0 Å². The van der Waals surface area contributed by atoms with Gasteiger partial charge in [0.2, 0.25) is 17.7 Å². The Morgan fingerprint density at radius 3 is 2.23 bits per heavy atom. The number of nitrogens with zero attached hydrogens (tertiary/aromatic N) is 2. The van der Waals surface area contributed by atoms with E-state index in [-0.39, 0.29) is 36.4 Å². The lowest BCUT2D eigenvalue weighted by Crippen LogP contribution is -2.50. The third kappa shape index (κ3) is 7.92. The zero-order valence-corrected chi connectivity index (χ0v) is 23.5. The molecule has 0 aliphatic carbocycles. The zero-order valence-electron chi connectivity index (χ0n) is 23.5. The number of amides is 3. The van der Waals surface area contributed by atoms with E-state index in [0.29, 0.717) is 29.2 Å². The zero-order chi connectivity index (χ0) is 28.6. The second kappa shape index (κ2) is 13.1. The van der Waals surface area contributed by atoms with Crippen LogP contribution in [0.4, 0.5) is 11.5 Å². The summed E-state index contributed by atoms with van der Waals surface area (Å²) >= 11 is 0. The van der Waals surface area contributed by atoms with Crippen molar-refractivity contribution in [3.63, 3.8) is 0 Å². The summed E-state index contributed by atoms with van der Waals surface area (Å²) in [6.07, 6.45) is 1.33. The van der Waals surface area contributed by atoms with Crippen LogP contribution in [0.5, 0.6) is 5.75 Å². The Hall–Kier alpha value is -4.14. The minimum atomic E-state index is -0.969. The molecule has 0 spiro atoms. The van der Waals surface area contributed by atoms with Crippen molar-refractivity contribution in [2.75, 3.05) is 17.3 Å². The van der Waals surface area contributed by atoms with Crippen LogP contribution in [-0.4, -0.2) is 35.5 Å². The quantitative estimate of drug-likeness (QED) is 0.324. The van der Waals surface area contributed by atoms with Crippen LogP contribution in [0.15, 0.2) is 59.1 Å². The van der Waals surface area contributed by atoms with Gasteiger partial charge in [-0.2, -0.15) is 0 Å². The van der Waals surface area contributed by atoms with E-state index in [9.17, 15) is 14.4 Å². The fourth-order valence-electron chi connectivity index (χ4n) is 4.00. The van der Waals surface area contributed by atoms with Crippen molar-refractivity contribution >= 4 is 29.2 Å². The molecule has 1 aromatic heterocycles. The normalized spacial score (nSPS) is 11.9. The first-order valence-corrected chi connectivity index (χ1v) is 13.2. The van der Waals surface area contributed by atoms with Crippen LogP contribution >= 0.6 is 0 Å². The van der Waals surface area contributed by atoms with Gasteiger partial charge in [-0.25, -0.2) is 0 Å². The summed E-state index contributed by atoms with van der Waals surface area (Å²) in [7, 11) is 1.57. The van der Waals surface area contributed by atoms with Gasteiger partial charge in [-0.3, -0.25) is 19.3 Å². The van der Waals surface area contributed by atoms with Gasteiger partial charge in [-0.1, -0.05) is 43.3 Å². The standard InChI is InChI=1S/C30H38N4O5/c1-7-21-9-13-23(14-10-21)34(27(36)18-17-26(35)31-25-19-20(3)39-33-25)28(29(37)32-30(4,5)8-2)22-11-15-24(38-6)16-12-22/h9-16,19,28H,7-8,17-18H2,1-6H3,(H,32,37)(H,31,33,35)/t28-/m0/s1. The van der Waals surface area contributed by atoms with E-state index in [4.69, 9.17) is 9.26 Å². The Balaban J connectivity index is 1.98. The summed E-state index contributed by atoms with van der Waals surface area (Å²) in [6, 6.07) is 15.3. The van der Waals surface area contributed by atoms with Crippen molar-refractivity contribution in [2.45, 2.75) is 71.9 Å². The summed E-state index contributed by atoms with van der Waals surface area (Å²) < 4.78 is 10.3. The highest BCUT2D eigenvalue weighted by molar-refractivity contribution is 6.03. The molecule has 0 bridgehead atoms. The third-order valence-electron chi connectivity index (χ3n) is 6.64. The van der Waals surface area contributed by atoms with Gasteiger partial charge in [0, 0.05) is 30.1 Å². The second-order valence-corrected chi connectivity index (χ2v) is 10.1. The number of methoxy groups -OCH3 is 1. The van der Waals surface area contributed by atoms with Crippen molar-refractivity contribution in [2.24, 2.45) is 0 Å². The molecule has 39 heavy (non-hydrogen) atoms. The first-order valence-electron chi connectivity index (χ1n) is 13.2. The van der Waals surface area contributed by atoms with Gasteiger partial charge in [0.1, 0.15) is 17.6 Å². The maximum absolute atomic E-state index is 13.9. The lowest BCUT2D eigenvalue weighted by Gasteiger charge is -2.35. The molecule has 9 heteroatoms. The summed E-state index contributed by atoms with van der Waals surface area (Å²) in [5, 5.41) is 9.50. The molecule has 0 saturated heterocycles. The average molecular weight is 535 g/mol. The van der Waals surface area contributed by atoms with Crippen LogP contribution in [0, 0.1) is 6.92 Å². The largest absolute Gasteiger partial charge is 0.497 e. The number of aromatic nitrogens is 1. The van der Waals surface area contributed by atoms with Gasteiger partial charge in [0.25, 0.3) is 0 Å². The van der Waals surface area contributed by atoms with Gasteiger partial charge in [-0.05, 0) is 69.0 Å². The molecule has 1 heterocycles. The molecule has 208 valence electrons. The fraction of sp³-hybridized carbons (Fsp3) is 0.400. The molecular weight excluding hydrogens is 496 g/mol. The van der Waals surface area contributed by atoms with Gasteiger partial charge >= 0.3 is 0 Å². The SMILES string of the molecule is CCc1ccc(N(C(=O)CCC(=O)Nc2cc(C)on2)[C@H](C(=O)NC(C)(C)CC)c2ccc(OC)cc2)cc1. The fourth-order valence-corrected chi connectivity index (χ4v) is 4.00. The molecule has 9 nitrogen and oxygen atoms in total. The molecule has 1 atom stereocenters. The Morgan fingerprint density at radius 2 is 1.69 bits per heavy atom. The third-order valence-corrected chi connectivity index (χ3v) is 6.64. The van der Waals surface area contributed by atoms with Gasteiger partial charge in [0.05, 0.1) is 7.11 Å². The molecule has 0 radical (unpaired) electrons. The number of ether oxygens (including phenoxy) is 1. The van der Waals surface area contributed by atoms with Crippen LogP contribution in [0.3, 0.4) is 0 Å². The lowest BCUT2D eigenvalue weighted by molar-refractivity contribution is -0.128. The molecule has 3 amide bonds. The van der Waals surface area contributed by atoms with E-state index in [1.54, 1.807) is 44.4 Å². The topological polar surface area (TPSA) is 114 Å². The molecule has 0 saturated carbocycles. The highest BCUT2D eigenvalue weighted by atomic mass is 16.5. The monoisotopic (exact) mass is 534 g/mol. The summed E-state index contributed by atoms with van der Waals surface area (Å²) in [5.41, 5.74) is 1.80. The number of rotatable bonds is 12. The van der Waals surface area contributed by atoms with E-state index < -0.39 is 11.6 Å². The average Bonchev–Trinajstić information content (AvgIpc) is 3.34. The minimum absolute atomic E-state index is 0.0916. The molecule has 0 fully saturated rings. The maximum Gasteiger partial charge on any atom is 0.248 e. The number of hydrogen-bond donors (Lipinski definition) is 2. The Morgan fingerprint density at radius 1 is 1.03 bits per heavy atom. The molecule has 2 aromatic carbocycles. The Kier molecular flexibility index (Phi) is 9.87. The number of carbonyl (C=O) groups excluding carboxylic acids is 3. The van der Waals surface area contributed by atoms with E-state index in [1.165, 1.54) is 4.90 Å². The summed E-state index contributed by atoms with van der Waals surface area (Å²) in [5.74, 6) is 0.423. The number of nitrogens with one attached hydrogen (secondary N) is 2. The van der Waals surface area contributed by atoms with Crippen molar-refractivity contribution in [3.8, 4) is 5.75 Å². The number of anilines is 2. The molecule has 2 N–H and O–H groups in total.